The molecule has 1 N–H and O–H groups in total. The molecule has 0 bridgehead atoms. The highest BCUT2D eigenvalue weighted by Crippen LogP contribution is 2.40. The Balaban J connectivity index is 2.79. The maximum atomic E-state index is 12.8. The van der Waals surface area contributed by atoms with E-state index in [9.17, 15) is 24.8 Å². The smallest absolute Gasteiger partial charge is 0.342 e. The van der Waals surface area contributed by atoms with Crippen molar-refractivity contribution in [3.63, 3.8) is 0 Å². The van der Waals surface area contributed by atoms with Crippen molar-refractivity contribution >= 4 is 17.6 Å². The largest absolute Gasteiger partial charge is 0.507 e. The number of phenolic OH excluding ortho intramolecular Hbond substituents is 1. The summed E-state index contributed by atoms with van der Waals surface area (Å²) in [5.74, 6) is -2.10. The average Bonchev–Trinajstić information content (AvgIpc) is 2.66. The number of nitro groups is 1. The van der Waals surface area contributed by atoms with E-state index in [1.165, 1.54) is 30.3 Å². The number of carbonyl (C=O) groups is 2. The number of aromatic hydroxyl groups is 1. The Kier molecular flexibility index (Phi) is 7.48. The molecule has 2 aromatic carbocycles. The Hall–Kier alpha value is -3.46. The van der Waals surface area contributed by atoms with Gasteiger partial charge in [0.15, 0.2) is 0 Å². The van der Waals surface area contributed by atoms with Crippen molar-refractivity contribution in [2.45, 2.75) is 13.8 Å². The topological polar surface area (TPSA) is 119 Å². The number of esters is 2. The Morgan fingerprint density at radius 2 is 1.77 bits per heavy atom. The van der Waals surface area contributed by atoms with Crippen molar-refractivity contribution in [1.82, 2.24) is 4.90 Å². The van der Waals surface area contributed by atoms with Crippen molar-refractivity contribution in [2.75, 3.05) is 33.9 Å². The van der Waals surface area contributed by atoms with Crippen LogP contribution in [0.15, 0.2) is 30.3 Å². The van der Waals surface area contributed by atoms with Crippen LogP contribution < -0.4 is 0 Å². The van der Waals surface area contributed by atoms with E-state index in [4.69, 9.17) is 9.47 Å². The van der Waals surface area contributed by atoms with Crippen LogP contribution in [0.5, 0.6) is 5.75 Å². The van der Waals surface area contributed by atoms with Crippen LogP contribution in [0.4, 0.5) is 5.69 Å². The Morgan fingerprint density at radius 1 is 1.13 bits per heavy atom. The zero-order valence-corrected chi connectivity index (χ0v) is 17.3. The first kappa shape index (κ1) is 22.8. The zero-order valence-electron chi connectivity index (χ0n) is 17.3. The Labute approximate surface area is 174 Å². The molecule has 9 nitrogen and oxygen atoms in total. The fraction of sp³-hybridized carbons (Fsp3) is 0.333. The van der Waals surface area contributed by atoms with E-state index in [0.717, 1.165) is 0 Å². The van der Waals surface area contributed by atoms with Crippen LogP contribution in [-0.4, -0.2) is 60.7 Å². The number of hydrogen-bond donors (Lipinski definition) is 1. The normalized spacial score (nSPS) is 10.7. The summed E-state index contributed by atoms with van der Waals surface area (Å²) < 4.78 is 10.4. The SMILES string of the molecule is CCOC(=O)c1c(C)cc(O)c(C(=O)OCCN(C)C)c1-c1ccccc1[N+](=O)[O-]. The Morgan fingerprint density at radius 3 is 2.37 bits per heavy atom. The molecule has 9 heteroatoms. The van der Waals surface area contributed by atoms with Crippen LogP contribution in [0.3, 0.4) is 0 Å². The third-order valence-electron chi connectivity index (χ3n) is 4.33. The molecule has 2 aromatic rings. The van der Waals surface area contributed by atoms with Crippen molar-refractivity contribution < 1.29 is 29.1 Å². The maximum absolute atomic E-state index is 12.8. The summed E-state index contributed by atoms with van der Waals surface area (Å²) in [6.07, 6.45) is 0. The van der Waals surface area contributed by atoms with Crippen molar-refractivity contribution in [3.8, 4) is 16.9 Å². The van der Waals surface area contributed by atoms with Crippen LogP contribution >= 0.6 is 0 Å². The molecule has 0 aliphatic carbocycles. The number of rotatable bonds is 8. The molecule has 0 amide bonds. The van der Waals surface area contributed by atoms with Gasteiger partial charge in [-0.05, 0) is 45.6 Å². The number of carbonyl (C=O) groups excluding carboxylic acids is 2. The zero-order chi connectivity index (χ0) is 22.4. The monoisotopic (exact) mass is 416 g/mol. The number of benzene rings is 2. The van der Waals surface area contributed by atoms with Gasteiger partial charge in [-0.1, -0.05) is 12.1 Å². The molecule has 0 spiro atoms. The van der Waals surface area contributed by atoms with Gasteiger partial charge in [0.25, 0.3) is 5.69 Å². The standard InChI is InChI=1S/C21H24N2O7/c1-5-29-20(25)17-13(2)12-16(24)19(21(26)30-11-10-22(3)4)18(17)14-8-6-7-9-15(14)23(27)28/h6-9,12,24H,5,10-11H2,1-4H3. The van der Waals surface area contributed by atoms with E-state index in [1.807, 2.05) is 0 Å². The number of aryl methyl sites for hydroxylation is 1. The molecule has 0 radical (unpaired) electrons. The van der Waals surface area contributed by atoms with Crippen LogP contribution in [0.1, 0.15) is 33.2 Å². The number of ether oxygens (including phenoxy) is 2. The maximum Gasteiger partial charge on any atom is 0.342 e. The highest BCUT2D eigenvalue weighted by molar-refractivity contribution is 6.09. The molecular formula is C21H24N2O7. The van der Waals surface area contributed by atoms with Gasteiger partial charge < -0.3 is 19.5 Å². The fourth-order valence-corrected chi connectivity index (χ4v) is 2.98. The first-order chi connectivity index (χ1) is 14.2. The third kappa shape index (κ3) is 4.93. The summed E-state index contributed by atoms with van der Waals surface area (Å²) in [5.41, 5.74) is -0.461. The van der Waals surface area contributed by atoms with Crippen molar-refractivity contribution in [3.05, 3.63) is 57.1 Å². The van der Waals surface area contributed by atoms with E-state index in [0.29, 0.717) is 12.1 Å². The number of likely N-dealkylation sites (N-methyl/N-ethyl adjacent to an activating group) is 1. The minimum atomic E-state index is -0.895. The van der Waals surface area contributed by atoms with Crippen LogP contribution in [0, 0.1) is 17.0 Å². The number of nitrogens with zero attached hydrogens (tertiary/aromatic N) is 2. The predicted octanol–water partition coefficient (Wildman–Crippen LogP) is 3.17. The van der Waals surface area contributed by atoms with E-state index >= 15 is 0 Å². The van der Waals surface area contributed by atoms with E-state index in [2.05, 4.69) is 0 Å². The first-order valence-corrected chi connectivity index (χ1v) is 9.28. The lowest BCUT2D eigenvalue weighted by Crippen LogP contribution is -2.21. The van der Waals surface area contributed by atoms with E-state index < -0.39 is 22.6 Å². The van der Waals surface area contributed by atoms with Crippen LogP contribution in [0.2, 0.25) is 0 Å². The quantitative estimate of drug-likeness (QED) is 0.396. The molecule has 0 aliphatic rings. The second kappa shape index (κ2) is 9.84. The molecule has 0 saturated carbocycles. The number of nitro benzene ring substituents is 1. The molecule has 0 unspecified atom stereocenters. The van der Waals surface area contributed by atoms with Gasteiger partial charge in [0.1, 0.15) is 17.9 Å². The molecule has 2 rings (SSSR count). The van der Waals surface area contributed by atoms with Crippen molar-refractivity contribution in [2.24, 2.45) is 0 Å². The molecule has 160 valence electrons. The molecule has 0 aromatic heterocycles. The van der Waals surface area contributed by atoms with Gasteiger partial charge in [-0.2, -0.15) is 0 Å². The average molecular weight is 416 g/mol. The summed E-state index contributed by atoms with van der Waals surface area (Å²) in [6.45, 7) is 3.70. The number of phenols is 1. The first-order valence-electron chi connectivity index (χ1n) is 9.28. The fourth-order valence-electron chi connectivity index (χ4n) is 2.98. The highest BCUT2D eigenvalue weighted by atomic mass is 16.6. The molecule has 0 aliphatic heterocycles. The number of para-hydroxylation sites is 1. The molecule has 0 saturated heterocycles. The van der Waals surface area contributed by atoms with Gasteiger partial charge >= 0.3 is 11.9 Å². The van der Waals surface area contributed by atoms with Crippen LogP contribution in [0.25, 0.3) is 11.1 Å². The summed E-state index contributed by atoms with van der Waals surface area (Å²) in [7, 11) is 3.60. The summed E-state index contributed by atoms with van der Waals surface area (Å²) in [6, 6.07) is 6.91. The molecule has 30 heavy (non-hydrogen) atoms. The summed E-state index contributed by atoms with van der Waals surface area (Å²) >= 11 is 0. The summed E-state index contributed by atoms with van der Waals surface area (Å²) in [4.78, 5) is 38.3. The Bertz CT molecular complexity index is 970. The van der Waals surface area contributed by atoms with Gasteiger partial charge in [0.05, 0.1) is 22.7 Å². The van der Waals surface area contributed by atoms with E-state index in [1.54, 1.807) is 32.8 Å². The lowest BCUT2D eigenvalue weighted by Gasteiger charge is -2.18. The molecular weight excluding hydrogens is 392 g/mol. The number of hydrogen-bond acceptors (Lipinski definition) is 8. The highest BCUT2D eigenvalue weighted by Gasteiger charge is 2.31. The van der Waals surface area contributed by atoms with E-state index in [-0.39, 0.29) is 41.2 Å². The second-order valence-corrected chi connectivity index (χ2v) is 6.77. The van der Waals surface area contributed by atoms with Gasteiger partial charge in [-0.25, -0.2) is 9.59 Å². The second-order valence-electron chi connectivity index (χ2n) is 6.77. The van der Waals surface area contributed by atoms with Crippen LogP contribution in [-0.2, 0) is 9.47 Å². The van der Waals surface area contributed by atoms with Gasteiger partial charge in [-0.15, -0.1) is 0 Å². The summed E-state index contributed by atoms with van der Waals surface area (Å²) in [5, 5.41) is 22.1. The molecule has 0 fully saturated rings. The molecule has 0 heterocycles. The predicted molar refractivity (Wildman–Crippen MR) is 110 cm³/mol. The third-order valence-corrected chi connectivity index (χ3v) is 4.33. The molecule has 0 atom stereocenters. The lowest BCUT2D eigenvalue weighted by atomic mass is 9.89. The lowest BCUT2D eigenvalue weighted by molar-refractivity contribution is -0.384. The van der Waals surface area contributed by atoms with Crippen molar-refractivity contribution in [1.29, 1.82) is 0 Å². The minimum Gasteiger partial charge on any atom is -0.507 e. The van der Waals surface area contributed by atoms with Gasteiger partial charge in [0.2, 0.25) is 0 Å². The van der Waals surface area contributed by atoms with Gasteiger partial charge in [-0.3, -0.25) is 10.1 Å². The van der Waals surface area contributed by atoms with Gasteiger partial charge in [0, 0.05) is 18.2 Å². The minimum absolute atomic E-state index is 0.00381.